The monoisotopic (exact) mass is 346 g/mol. The number of primary amides is 1. The van der Waals surface area contributed by atoms with Gasteiger partial charge in [-0.25, -0.2) is 0 Å². The van der Waals surface area contributed by atoms with Gasteiger partial charge in [0, 0.05) is 31.9 Å². The molecule has 0 bridgehead atoms. The van der Waals surface area contributed by atoms with E-state index in [1.54, 1.807) is 4.90 Å². The van der Waals surface area contributed by atoms with Crippen LogP contribution in [0.1, 0.15) is 18.4 Å². The van der Waals surface area contributed by atoms with Crippen LogP contribution in [-0.4, -0.2) is 66.7 Å². The van der Waals surface area contributed by atoms with Crippen molar-refractivity contribution in [3.05, 3.63) is 29.8 Å². The van der Waals surface area contributed by atoms with Crippen molar-refractivity contribution in [1.29, 1.82) is 0 Å². The van der Waals surface area contributed by atoms with Gasteiger partial charge in [-0.1, -0.05) is 18.2 Å². The van der Waals surface area contributed by atoms with Gasteiger partial charge in [-0.3, -0.25) is 14.5 Å². The van der Waals surface area contributed by atoms with Gasteiger partial charge in [0.25, 0.3) is 5.91 Å². The van der Waals surface area contributed by atoms with Crippen LogP contribution < -0.4 is 16.0 Å². The molecule has 1 aromatic carbocycles. The largest absolute Gasteiger partial charge is 0.379 e. The fraction of sp³-hybridized carbons (Fsp3) is 0.556. The topological polar surface area (TPSA) is 98.9 Å². The highest BCUT2D eigenvalue weighted by atomic mass is 16.3. The molecular formula is C18H26N4O3. The predicted molar refractivity (Wildman–Crippen MR) is 95.2 cm³/mol. The number of fused-ring (bicyclic) bond motifs is 1. The lowest BCUT2D eigenvalue weighted by molar-refractivity contribution is -0.143. The molecule has 0 aromatic heterocycles. The van der Waals surface area contributed by atoms with Crippen LogP contribution >= 0.6 is 0 Å². The first kappa shape index (κ1) is 17.7. The Labute approximate surface area is 147 Å². The minimum Gasteiger partial charge on any atom is -0.379 e. The average molecular weight is 346 g/mol. The van der Waals surface area contributed by atoms with Crippen molar-refractivity contribution in [3.63, 3.8) is 0 Å². The molecule has 0 aliphatic carbocycles. The van der Waals surface area contributed by atoms with E-state index in [9.17, 15) is 14.7 Å². The molecule has 136 valence electrons. The summed E-state index contributed by atoms with van der Waals surface area (Å²) in [5, 5.41) is 13.1. The van der Waals surface area contributed by atoms with Crippen molar-refractivity contribution in [2.75, 3.05) is 44.2 Å². The fourth-order valence-electron chi connectivity index (χ4n) is 3.69. The van der Waals surface area contributed by atoms with E-state index in [-0.39, 0.29) is 19.0 Å². The molecule has 1 unspecified atom stereocenters. The van der Waals surface area contributed by atoms with Gasteiger partial charge in [-0.15, -0.1) is 0 Å². The number of nitrogens with zero attached hydrogens (tertiary/aromatic N) is 2. The van der Waals surface area contributed by atoms with Gasteiger partial charge in [0.2, 0.25) is 5.91 Å². The van der Waals surface area contributed by atoms with Gasteiger partial charge in [0.15, 0.2) is 5.60 Å². The Kier molecular flexibility index (Phi) is 5.24. The van der Waals surface area contributed by atoms with E-state index in [4.69, 9.17) is 5.73 Å². The van der Waals surface area contributed by atoms with Crippen molar-refractivity contribution in [2.24, 2.45) is 5.73 Å². The number of rotatable bonds is 6. The number of likely N-dealkylation sites (tertiary alicyclic amines) is 1. The molecule has 2 heterocycles. The summed E-state index contributed by atoms with van der Waals surface area (Å²) >= 11 is 0. The van der Waals surface area contributed by atoms with Crippen LogP contribution in [0.4, 0.5) is 5.69 Å². The number of amides is 2. The minimum atomic E-state index is -1.52. The number of β-amino-alcohol motifs (C(OH)–C–C–N with tert-alkyl or cyclic N) is 1. The second kappa shape index (κ2) is 7.41. The van der Waals surface area contributed by atoms with Gasteiger partial charge < -0.3 is 21.1 Å². The zero-order valence-corrected chi connectivity index (χ0v) is 14.4. The molecule has 2 aliphatic heterocycles. The molecule has 2 aliphatic rings. The molecule has 1 fully saturated rings. The molecular weight excluding hydrogens is 320 g/mol. The summed E-state index contributed by atoms with van der Waals surface area (Å²) in [6, 6.07) is 8.34. The first-order chi connectivity index (χ1) is 12.0. The Hall–Kier alpha value is -2.12. The summed E-state index contributed by atoms with van der Waals surface area (Å²) in [5.41, 5.74) is 6.35. The lowest BCUT2D eigenvalue weighted by Crippen LogP contribution is -2.57. The lowest BCUT2D eigenvalue weighted by Gasteiger charge is -2.36. The zero-order valence-electron chi connectivity index (χ0n) is 14.4. The van der Waals surface area contributed by atoms with Gasteiger partial charge >= 0.3 is 0 Å². The molecule has 25 heavy (non-hydrogen) atoms. The van der Waals surface area contributed by atoms with Crippen LogP contribution in [0, 0.1) is 0 Å². The summed E-state index contributed by atoms with van der Waals surface area (Å²) in [6.07, 6.45) is 2.05. The Morgan fingerprint density at radius 3 is 2.88 bits per heavy atom. The lowest BCUT2D eigenvalue weighted by atomic mass is 9.92. The third-order valence-corrected chi connectivity index (χ3v) is 5.06. The van der Waals surface area contributed by atoms with E-state index >= 15 is 0 Å². The second-order valence-corrected chi connectivity index (χ2v) is 6.93. The normalized spacial score (nSPS) is 23.3. The van der Waals surface area contributed by atoms with Crippen LogP contribution in [0.3, 0.4) is 0 Å². The van der Waals surface area contributed by atoms with E-state index in [1.807, 2.05) is 6.07 Å². The highest BCUT2D eigenvalue weighted by Gasteiger charge is 2.38. The van der Waals surface area contributed by atoms with Gasteiger partial charge in [0.05, 0.1) is 6.54 Å². The Morgan fingerprint density at radius 2 is 2.08 bits per heavy atom. The minimum absolute atomic E-state index is 0.0961. The zero-order chi connectivity index (χ0) is 17.9. The first-order valence-electron chi connectivity index (χ1n) is 8.82. The van der Waals surface area contributed by atoms with Crippen LogP contribution in [0.25, 0.3) is 0 Å². The second-order valence-electron chi connectivity index (χ2n) is 6.93. The number of anilines is 1. The molecule has 1 saturated heterocycles. The van der Waals surface area contributed by atoms with E-state index in [1.165, 1.54) is 11.3 Å². The Balaban J connectivity index is 1.42. The number of carbonyl (C=O) groups is 2. The molecule has 2 amide bonds. The molecule has 7 heteroatoms. The SMILES string of the molecule is NC(=O)C1(O)CCCN(CC(=O)NCCN2CCc3ccccc32)C1. The fourth-order valence-corrected chi connectivity index (χ4v) is 3.69. The number of carbonyl (C=O) groups excluding carboxylic acids is 2. The molecule has 1 atom stereocenters. The number of nitrogens with one attached hydrogen (secondary N) is 1. The van der Waals surface area contributed by atoms with Crippen molar-refractivity contribution < 1.29 is 14.7 Å². The highest BCUT2D eigenvalue weighted by Crippen LogP contribution is 2.26. The molecule has 4 N–H and O–H groups in total. The number of nitrogens with two attached hydrogens (primary N) is 1. The number of benzene rings is 1. The van der Waals surface area contributed by atoms with Crippen LogP contribution in [0.5, 0.6) is 0 Å². The summed E-state index contributed by atoms with van der Waals surface area (Å²) in [5.74, 6) is -0.813. The van der Waals surface area contributed by atoms with Gasteiger partial charge in [0.1, 0.15) is 0 Å². The quantitative estimate of drug-likeness (QED) is 0.644. The van der Waals surface area contributed by atoms with Gasteiger partial charge in [-0.2, -0.15) is 0 Å². The summed E-state index contributed by atoms with van der Waals surface area (Å²) < 4.78 is 0. The van der Waals surface area contributed by atoms with Crippen molar-refractivity contribution in [1.82, 2.24) is 10.2 Å². The number of aliphatic hydroxyl groups is 1. The number of hydrogen-bond acceptors (Lipinski definition) is 5. The Bertz CT molecular complexity index is 651. The molecule has 3 rings (SSSR count). The van der Waals surface area contributed by atoms with Crippen molar-refractivity contribution in [2.45, 2.75) is 24.9 Å². The van der Waals surface area contributed by atoms with E-state index in [0.717, 1.165) is 19.5 Å². The van der Waals surface area contributed by atoms with E-state index in [0.29, 0.717) is 25.9 Å². The molecule has 1 aromatic rings. The van der Waals surface area contributed by atoms with Crippen LogP contribution in [-0.2, 0) is 16.0 Å². The molecule has 0 saturated carbocycles. The smallest absolute Gasteiger partial charge is 0.250 e. The van der Waals surface area contributed by atoms with Crippen molar-refractivity contribution >= 4 is 17.5 Å². The highest BCUT2D eigenvalue weighted by molar-refractivity contribution is 5.84. The third-order valence-electron chi connectivity index (χ3n) is 5.06. The first-order valence-corrected chi connectivity index (χ1v) is 8.82. The van der Waals surface area contributed by atoms with Crippen LogP contribution in [0.15, 0.2) is 24.3 Å². The average Bonchev–Trinajstić information content (AvgIpc) is 2.98. The molecule has 0 spiro atoms. The summed E-state index contributed by atoms with van der Waals surface area (Å²) in [7, 11) is 0. The molecule has 7 nitrogen and oxygen atoms in total. The maximum atomic E-state index is 12.1. The van der Waals surface area contributed by atoms with Gasteiger partial charge in [-0.05, 0) is 37.4 Å². The molecule has 0 radical (unpaired) electrons. The predicted octanol–water partition coefficient (Wildman–Crippen LogP) is -0.522. The summed E-state index contributed by atoms with van der Waals surface area (Å²) in [6.45, 7) is 3.30. The summed E-state index contributed by atoms with van der Waals surface area (Å²) in [4.78, 5) is 27.6. The maximum Gasteiger partial charge on any atom is 0.250 e. The van der Waals surface area contributed by atoms with E-state index < -0.39 is 11.5 Å². The van der Waals surface area contributed by atoms with E-state index in [2.05, 4.69) is 28.4 Å². The standard InChI is InChI=1S/C18H26N4O3/c19-17(24)18(25)7-3-9-21(13-18)12-16(23)20-8-11-22-10-6-14-4-1-2-5-15(14)22/h1-2,4-5,25H,3,6-13H2,(H2,19,24)(H,20,23). The van der Waals surface area contributed by atoms with Crippen LogP contribution in [0.2, 0.25) is 0 Å². The maximum absolute atomic E-state index is 12.1. The Morgan fingerprint density at radius 1 is 1.28 bits per heavy atom. The number of piperidine rings is 1. The number of hydrogen-bond donors (Lipinski definition) is 3. The third kappa shape index (κ3) is 4.11. The number of para-hydroxylation sites is 1. The van der Waals surface area contributed by atoms with Crippen molar-refractivity contribution in [3.8, 4) is 0 Å².